The van der Waals surface area contributed by atoms with E-state index in [1.807, 2.05) is 23.5 Å². The Kier molecular flexibility index (Phi) is 8.37. The predicted octanol–water partition coefficient (Wildman–Crippen LogP) is -1.41. The van der Waals surface area contributed by atoms with Gasteiger partial charge in [-0.2, -0.15) is 0 Å². The molecule has 6 aliphatic heterocycles. The van der Waals surface area contributed by atoms with Crippen molar-refractivity contribution in [3.63, 3.8) is 0 Å². The molecule has 1 amide bonds. The van der Waals surface area contributed by atoms with Gasteiger partial charge in [-0.3, -0.25) is 25.5 Å². The van der Waals surface area contributed by atoms with Crippen LogP contribution in [0.15, 0.2) is 11.1 Å². The first kappa shape index (κ1) is 27.9. The van der Waals surface area contributed by atoms with Gasteiger partial charge in [-0.25, -0.2) is 0 Å². The van der Waals surface area contributed by atoms with Crippen molar-refractivity contribution < 1.29 is 24.8 Å². The second-order valence-corrected chi connectivity index (χ2v) is 14.9. The molecule has 5 saturated heterocycles. The van der Waals surface area contributed by atoms with Gasteiger partial charge in [0.15, 0.2) is 5.78 Å². The van der Waals surface area contributed by atoms with E-state index >= 15 is 0 Å². The maximum atomic E-state index is 13.0. The van der Waals surface area contributed by atoms with Crippen LogP contribution < -0.4 is 32.3 Å². The van der Waals surface area contributed by atoms with Crippen LogP contribution in [0.4, 0.5) is 0 Å². The van der Waals surface area contributed by atoms with Crippen LogP contribution >= 0.6 is 23.5 Å². The minimum atomic E-state index is -0.361. The van der Waals surface area contributed by atoms with Crippen molar-refractivity contribution in [3.8, 4) is 0 Å². The highest BCUT2D eigenvalue weighted by Gasteiger charge is 2.51. The number of nitrogens with zero attached hydrogens (tertiary/aromatic N) is 1. The van der Waals surface area contributed by atoms with Gasteiger partial charge < -0.3 is 30.7 Å². The van der Waals surface area contributed by atoms with E-state index in [-0.39, 0.29) is 58.0 Å². The fourth-order valence-corrected chi connectivity index (χ4v) is 10.7. The van der Waals surface area contributed by atoms with E-state index < -0.39 is 0 Å². The maximum absolute atomic E-state index is 13.0. The predicted molar refractivity (Wildman–Crippen MR) is 154 cm³/mol. The number of fused-ring (bicyclic) bond motifs is 2. The highest BCUT2D eigenvalue weighted by molar-refractivity contribution is 8.04. The summed E-state index contributed by atoms with van der Waals surface area (Å²) >= 11 is 3.69. The first-order valence-corrected chi connectivity index (χ1v) is 17.0. The first-order chi connectivity index (χ1) is 19.5. The van der Waals surface area contributed by atoms with Crippen LogP contribution in [-0.4, -0.2) is 109 Å². The summed E-state index contributed by atoms with van der Waals surface area (Å²) < 4.78 is 11.6. The lowest BCUT2D eigenvalue weighted by Gasteiger charge is -2.42. The molecule has 0 radical (unpaired) electrons. The van der Waals surface area contributed by atoms with Crippen molar-refractivity contribution in [2.75, 3.05) is 46.0 Å². The van der Waals surface area contributed by atoms with E-state index in [1.54, 1.807) is 6.08 Å². The average molecular weight is 595 g/mol. The Morgan fingerprint density at radius 2 is 1.95 bits per heavy atom. The summed E-state index contributed by atoms with van der Waals surface area (Å²) in [6, 6.07) is 0.877. The topological polar surface area (TPSA) is 144 Å². The number of carbonyl (C=O) groups excluding carboxylic acids is 2. The van der Waals surface area contributed by atoms with Crippen molar-refractivity contribution in [3.05, 3.63) is 11.1 Å². The number of nitrogens with one attached hydrogen (secondary N) is 5. The zero-order valence-electron chi connectivity index (χ0n) is 23.0. The number of thioether (sulfide) groups is 2. The van der Waals surface area contributed by atoms with Crippen LogP contribution in [0.25, 0.3) is 0 Å². The molecule has 0 aromatic rings. The third-order valence-corrected chi connectivity index (χ3v) is 12.8. The van der Waals surface area contributed by atoms with Gasteiger partial charge in [-0.1, -0.05) is 6.42 Å². The Morgan fingerprint density at radius 3 is 2.80 bits per heavy atom. The van der Waals surface area contributed by atoms with Crippen molar-refractivity contribution >= 4 is 35.2 Å². The van der Waals surface area contributed by atoms with Crippen LogP contribution in [0.2, 0.25) is 0 Å². The van der Waals surface area contributed by atoms with E-state index in [9.17, 15) is 9.59 Å². The fourth-order valence-electron chi connectivity index (χ4n) is 7.64. The van der Waals surface area contributed by atoms with E-state index in [4.69, 9.17) is 9.47 Å². The van der Waals surface area contributed by atoms with Gasteiger partial charge in [-0.15, -0.1) is 23.5 Å². The van der Waals surface area contributed by atoms with E-state index in [0.29, 0.717) is 37.8 Å². The molecule has 6 fully saturated rings. The maximum Gasteiger partial charge on any atom is 0.226 e. The second-order valence-electron chi connectivity index (χ2n) is 12.4. The van der Waals surface area contributed by atoms with Gasteiger partial charge in [0, 0.05) is 44.6 Å². The average Bonchev–Trinajstić information content (AvgIpc) is 3.69. The number of rotatable bonds is 6. The molecule has 6 heterocycles. The summed E-state index contributed by atoms with van der Waals surface area (Å²) in [5.41, 5.74) is 4.41. The molecule has 0 bridgehead atoms. The zero-order valence-corrected chi connectivity index (χ0v) is 24.7. The first-order valence-electron chi connectivity index (χ1n) is 15.2. The third-order valence-electron chi connectivity index (χ3n) is 9.84. The normalized spacial score (nSPS) is 45.7. The zero-order chi connectivity index (χ0) is 27.2. The molecule has 1 aliphatic carbocycles. The van der Waals surface area contributed by atoms with Crippen LogP contribution in [0.5, 0.6) is 0 Å². The van der Waals surface area contributed by atoms with Crippen molar-refractivity contribution in [2.24, 2.45) is 17.8 Å². The molecule has 11 nitrogen and oxygen atoms in total. The third kappa shape index (κ3) is 5.58. The van der Waals surface area contributed by atoms with Gasteiger partial charge in [0.25, 0.3) is 0 Å². The van der Waals surface area contributed by atoms with Gasteiger partial charge in [0.2, 0.25) is 5.91 Å². The summed E-state index contributed by atoms with van der Waals surface area (Å²) in [5.74, 6) is 0.741. The Labute approximate surface area is 244 Å². The molecule has 8 N–H and O–H groups in total. The Hall–Kier alpha value is -0.900. The van der Waals surface area contributed by atoms with Gasteiger partial charge in [-0.05, 0) is 25.2 Å². The van der Waals surface area contributed by atoms with Crippen molar-refractivity contribution in [1.29, 1.82) is 0 Å². The molecular formula is C27H44N7O4S2+. The fraction of sp³-hybridized carbons (Fsp3) is 0.852. The SMILES string of the molecule is [NH3+][C@@H]1CCCC[C@@H]1NC1CC2CNC(=O)C2C(NC2CNC(C3COC4C(=O)C=C(N5CCOCC5)SC43)S2)N1. The number of hydrogen-bond donors (Lipinski definition) is 6. The van der Waals surface area contributed by atoms with Gasteiger partial charge in [0.05, 0.1) is 71.2 Å². The van der Waals surface area contributed by atoms with Crippen LogP contribution in [-0.2, 0) is 19.1 Å². The summed E-state index contributed by atoms with van der Waals surface area (Å²) in [4.78, 5) is 28.1. The van der Waals surface area contributed by atoms with Crippen molar-refractivity contribution in [1.82, 2.24) is 31.5 Å². The summed E-state index contributed by atoms with van der Waals surface area (Å²) in [6.45, 7) is 5.22. The number of carbonyl (C=O) groups is 2. The van der Waals surface area contributed by atoms with Gasteiger partial charge in [0.1, 0.15) is 6.10 Å². The molecule has 7 rings (SSSR count). The molecule has 40 heavy (non-hydrogen) atoms. The lowest BCUT2D eigenvalue weighted by Crippen LogP contribution is -2.73. The molecule has 0 spiro atoms. The summed E-state index contributed by atoms with van der Waals surface area (Å²) in [7, 11) is 0. The molecule has 0 aromatic heterocycles. The number of amides is 1. The Morgan fingerprint density at radius 1 is 1.10 bits per heavy atom. The van der Waals surface area contributed by atoms with E-state index in [0.717, 1.165) is 37.6 Å². The molecule has 0 aromatic carbocycles. The monoisotopic (exact) mass is 594 g/mol. The molecule has 1 saturated carbocycles. The van der Waals surface area contributed by atoms with E-state index in [1.165, 1.54) is 25.7 Å². The molecule has 9 unspecified atom stereocenters. The van der Waals surface area contributed by atoms with Gasteiger partial charge >= 0.3 is 0 Å². The molecule has 222 valence electrons. The second kappa shape index (κ2) is 12.0. The molecular weight excluding hydrogens is 550 g/mol. The highest BCUT2D eigenvalue weighted by atomic mass is 32.2. The Bertz CT molecular complexity index is 1000. The standard InChI is InChI=1S/C27H43N7O4S2/c28-16-3-1-2-4-17(16)31-19-9-14-11-29-26(36)22(14)25(32-19)33-20-12-30-27(39-20)15-13-38-23-18(35)10-21(40-24(15)23)34-5-7-37-8-6-34/h10,14-17,19-20,22-25,27,30-33H,1-9,11-13,28H2,(H,29,36)/p+1/t14?,15?,16-,17+,19?,20?,22?,23?,24?,25?,27?/m1/s1. The Balaban J connectivity index is 0.985. The molecule has 13 heteroatoms. The molecule has 11 atom stereocenters. The van der Waals surface area contributed by atoms with Crippen LogP contribution in [0.1, 0.15) is 32.1 Å². The number of hydrogen-bond acceptors (Lipinski definition) is 11. The smallest absolute Gasteiger partial charge is 0.226 e. The molecule has 7 aliphatic rings. The van der Waals surface area contributed by atoms with E-state index in [2.05, 4.69) is 37.2 Å². The van der Waals surface area contributed by atoms with Crippen LogP contribution in [0, 0.1) is 17.8 Å². The summed E-state index contributed by atoms with van der Waals surface area (Å²) in [6.07, 6.45) is 7.36. The number of ketones is 1. The summed E-state index contributed by atoms with van der Waals surface area (Å²) in [5, 5.41) is 19.8. The number of ether oxygens (including phenoxy) is 2. The largest absolute Gasteiger partial charge is 0.378 e. The van der Waals surface area contributed by atoms with Crippen molar-refractivity contribution in [2.45, 2.75) is 78.6 Å². The number of quaternary nitrogens is 1. The minimum Gasteiger partial charge on any atom is -0.378 e. The number of morpholine rings is 1. The quantitative estimate of drug-likeness (QED) is 0.216. The lowest BCUT2D eigenvalue weighted by molar-refractivity contribution is -0.431. The van der Waals surface area contributed by atoms with Crippen LogP contribution in [0.3, 0.4) is 0 Å². The minimum absolute atomic E-state index is 0.0634. The number of piperidine rings is 1. The highest BCUT2D eigenvalue weighted by Crippen LogP contribution is 2.45. The lowest BCUT2D eigenvalue weighted by atomic mass is 9.84.